The minimum Gasteiger partial charge on any atom is -0.353 e. The van der Waals surface area contributed by atoms with Gasteiger partial charge in [0, 0.05) is 44.4 Å². The molecule has 0 saturated carbocycles. The topological polar surface area (TPSA) is 64.1 Å². The smallest absolute Gasteiger partial charge is 0.203 e. The van der Waals surface area contributed by atoms with E-state index in [1.807, 2.05) is 35.5 Å². The van der Waals surface area contributed by atoms with Crippen molar-refractivity contribution in [3.8, 4) is 0 Å². The summed E-state index contributed by atoms with van der Waals surface area (Å²) in [5.41, 5.74) is 0.838. The average molecular weight is 283 g/mol. The van der Waals surface area contributed by atoms with Gasteiger partial charge < -0.3 is 9.47 Å². The average Bonchev–Trinajstić information content (AvgIpc) is 3.18. The molecule has 1 saturated heterocycles. The number of piperidine rings is 1. The number of hydrogen-bond donors (Lipinski definition) is 0. The maximum Gasteiger partial charge on any atom is 0.203 e. The number of nitrogens with zero attached hydrogens (tertiary/aromatic N) is 7. The normalized spacial score (nSPS) is 16.7. The molecule has 0 atom stereocenters. The number of imidazole rings is 1. The van der Waals surface area contributed by atoms with E-state index in [4.69, 9.17) is 0 Å². The van der Waals surface area contributed by atoms with Crippen LogP contribution in [-0.4, -0.2) is 42.2 Å². The van der Waals surface area contributed by atoms with Crippen LogP contribution in [0, 0.1) is 5.92 Å². The Morgan fingerprint density at radius 2 is 2.00 bits per heavy atom. The van der Waals surface area contributed by atoms with Crippen molar-refractivity contribution >= 4 is 11.5 Å². The lowest BCUT2D eigenvalue weighted by atomic mass is 9.97. The van der Waals surface area contributed by atoms with Crippen LogP contribution in [-0.2, 0) is 6.54 Å². The van der Waals surface area contributed by atoms with E-state index >= 15 is 0 Å². The first kappa shape index (κ1) is 12.3. The second kappa shape index (κ2) is 5.16. The summed E-state index contributed by atoms with van der Waals surface area (Å²) in [5, 5.41) is 8.13. The predicted molar refractivity (Wildman–Crippen MR) is 77.9 cm³/mol. The molecule has 0 N–H and O–H groups in total. The van der Waals surface area contributed by atoms with Gasteiger partial charge in [-0.15, -0.1) is 10.2 Å². The number of rotatable bonds is 3. The summed E-state index contributed by atoms with van der Waals surface area (Å²) in [6, 6.07) is 0. The monoisotopic (exact) mass is 283 g/mol. The summed E-state index contributed by atoms with van der Waals surface area (Å²) in [5.74, 6) is 1.64. The van der Waals surface area contributed by atoms with Gasteiger partial charge in [0.25, 0.3) is 0 Å². The van der Waals surface area contributed by atoms with Gasteiger partial charge in [-0.05, 0) is 18.8 Å². The molecule has 0 spiro atoms. The van der Waals surface area contributed by atoms with Gasteiger partial charge in [0.2, 0.25) is 5.65 Å². The number of anilines is 1. The molecule has 21 heavy (non-hydrogen) atoms. The van der Waals surface area contributed by atoms with Gasteiger partial charge in [0.05, 0.1) is 6.33 Å². The molecule has 1 aliphatic heterocycles. The molecule has 4 rings (SSSR count). The highest BCUT2D eigenvalue weighted by molar-refractivity contribution is 5.63. The third-order valence-electron chi connectivity index (χ3n) is 4.14. The second-order valence-electron chi connectivity index (χ2n) is 5.50. The third-order valence-corrected chi connectivity index (χ3v) is 4.14. The highest BCUT2D eigenvalue weighted by atomic mass is 15.3. The van der Waals surface area contributed by atoms with E-state index in [9.17, 15) is 0 Å². The molecular weight excluding hydrogens is 266 g/mol. The minimum atomic E-state index is 0.702. The molecule has 1 aliphatic rings. The minimum absolute atomic E-state index is 0.702. The zero-order chi connectivity index (χ0) is 14.1. The van der Waals surface area contributed by atoms with Crippen LogP contribution < -0.4 is 4.90 Å². The van der Waals surface area contributed by atoms with Crippen LogP contribution in [0.5, 0.6) is 0 Å². The van der Waals surface area contributed by atoms with Gasteiger partial charge in [-0.1, -0.05) is 0 Å². The molecule has 0 radical (unpaired) electrons. The van der Waals surface area contributed by atoms with E-state index in [-0.39, 0.29) is 0 Å². The molecule has 108 valence electrons. The fourth-order valence-electron chi connectivity index (χ4n) is 2.99. The number of hydrogen-bond acceptors (Lipinski definition) is 5. The van der Waals surface area contributed by atoms with Crippen molar-refractivity contribution in [2.75, 3.05) is 18.0 Å². The summed E-state index contributed by atoms with van der Waals surface area (Å²) < 4.78 is 4.08. The Hall–Kier alpha value is -2.44. The number of fused-ring (bicyclic) bond motifs is 1. The van der Waals surface area contributed by atoms with Crippen LogP contribution in [0.4, 0.5) is 5.82 Å². The van der Waals surface area contributed by atoms with Crippen molar-refractivity contribution in [1.29, 1.82) is 0 Å². The molecule has 0 bridgehead atoms. The van der Waals surface area contributed by atoms with Gasteiger partial charge in [-0.2, -0.15) is 0 Å². The van der Waals surface area contributed by atoms with Crippen molar-refractivity contribution < 1.29 is 0 Å². The molecule has 0 amide bonds. The fraction of sp³-hybridized carbons (Fsp3) is 0.429. The van der Waals surface area contributed by atoms with Crippen LogP contribution in [0.1, 0.15) is 12.8 Å². The number of aromatic nitrogens is 6. The second-order valence-corrected chi connectivity index (χ2v) is 5.50. The zero-order valence-corrected chi connectivity index (χ0v) is 11.7. The van der Waals surface area contributed by atoms with Crippen LogP contribution in [0.15, 0.2) is 37.4 Å². The molecule has 0 unspecified atom stereocenters. The van der Waals surface area contributed by atoms with Gasteiger partial charge in [0.15, 0.2) is 5.82 Å². The van der Waals surface area contributed by atoms with Crippen LogP contribution >= 0.6 is 0 Å². The lowest BCUT2D eigenvalue weighted by molar-refractivity contribution is 0.356. The Kier molecular flexibility index (Phi) is 3.02. The largest absolute Gasteiger partial charge is 0.353 e. The van der Waals surface area contributed by atoms with Crippen LogP contribution in [0.2, 0.25) is 0 Å². The van der Waals surface area contributed by atoms with E-state index in [0.717, 1.165) is 43.9 Å². The Labute approximate surface area is 122 Å². The molecule has 0 aromatic carbocycles. The van der Waals surface area contributed by atoms with E-state index in [1.54, 1.807) is 6.33 Å². The van der Waals surface area contributed by atoms with Gasteiger partial charge in [-0.3, -0.25) is 4.40 Å². The van der Waals surface area contributed by atoms with Crippen molar-refractivity contribution in [2.24, 2.45) is 5.92 Å². The van der Waals surface area contributed by atoms with E-state index in [2.05, 4.69) is 29.6 Å². The Balaban J connectivity index is 1.46. The fourth-order valence-corrected chi connectivity index (χ4v) is 2.99. The lowest BCUT2D eigenvalue weighted by Crippen LogP contribution is -2.35. The first-order valence-electron chi connectivity index (χ1n) is 7.25. The summed E-state index contributed by atoms with van der Waals surface area (Å²) in [7, 11) is 0. The van der Waals surface area contributed by atoms with E-state index < -0.39 is 0 Å². The molecule has 7 nitrogen and oxygen atoms in total. The molecule has 0 aliphatic carbocycles. The quantitative estimate of drug-likeness (QED) is 0.723. The van der Waals surface area contributed by atoms with Crippen molar-refractivity contribution in [3.63, 3.8) is 0 Å². The molecule has 3 aromatic heterocycles. The Morgan fingerprint density at radius 1 is 1.10 bits per heavy atom. The summed E-state index contributed by atoms with van der Waals surface area (Å²) in [4.78, 5) is 10.9. The molecule has 7 heteroatoms. The van der Waals surface area contributed by atoms with Crippen LogP contribution in [0.3, 0.4) is 0 Å². The van der Waals surface area contributed by atoms with Gasteiger partial charge in [-0.25, -0.2) is 9.97 Å². The highest BCUT2D eigenvalue weighted by Gasteiger charge is 2.22. The molecule has 4 heterocycles. The zero-order valence-electron chi connectivity index (χ0n) is 11.7. The van der Waals surface area contributed by atoms with Crippen molar-refractivity contribution in [2.45, 2.75) is 19.4 Å². The standard InChI is InChI=1S/C14H17N7/c1-5-20(6-2-12(1)9-19-7-3-15-10-19)13-14-18-17-11-21(14)8-4-16-13/h3-4,7-8,10-12H,1-2,5-6,9H2. The first-order valence-corrected chi connectivity index (χ1v) is 7.25. The maximum absolute atomic E-state index is 4.49. The van der Waals surface area contributed by atoms with Gasteiger partial charge in [0.1, 0.15) is 6.33 Å². The van der Waals surface area contributed by atoms with E-state index in [1.165, 1.54) is 0 Å². The summed E-state index contributed by atoms with van der Waals surface area (Å²) in [6.07, 6.45) is 13.5. The summed E-state index contributed by atoms with van der Waals surface area (Å²) in [6.45, 7) is 3.08. The first-order chi connectivity index (χ1) is 10.4. The highest BCUT2D eigenvalue weighted by Crippen LogP contribution is 2.24. The van der Waals surface area contributed by atoms with Crippen molar-refractivity contribution in [1.82, 2.24) is 29.1 Å². The SMILES string of the molecule is c1cn(CC2CCN(c3nccn4cnnc34)CC2)cn1. The van der Waals surface area contributed by atoms with Crippen molar-refractivity contribution in [3.05, 3.63) is 37.4 Å². The predicted octanol–water partition coefficient (Wildman–Crippen LogP) is 1.24. The van der Waals surface area contributed by atoms with Gasteiger partial charge >= 0.3 is 0 Å². The molecule has 1 fully saturated rings. The molecular formula is C14H17N7. The maximum atomic E-state index is 4.49. The summed E-state index contributed by atoms with van der Waals surface area (Å²) >= 11 is 0. The third kappa shape index (κ3) is 2.35. The Bertz CT molecular complexity index is 710. The van der Waals surface area contributed by atoms with E-state index in [0.29, 0.717) is 5.92 Å². The molecule has 3 aromatic rings. The Morgan fingerprint density at radius 3 is 2.81 bits per heavy atom. The van der Waals surface area contributed by atoms with Crippen LogP contribution in [0.25, 0.3) is 5.65 Å². The lowest BCUT2D eigenvalue weighted by Gasteiger charge is -2.32.